The van der Waals surface area contributed by atoms with Gasteiger partial charge in [0, 0.05) is 30.6 Å². The van der Waals surface area contributed by atoms with E-state index in [0.29, 0.717) is 19.1 Å². The lowest BCUT2D eigenvalue weighted by Crippen LogP contribution is -2.41. The molecule has 0 bridgehead atoms. The fraction of sp³-hybridized carbons (Fsp3) is 0.423. The zero-order chi connectivity index (χ0) is 22.5. The minimum absolute atomic E-state index is 0.325. The molecule has 2 heterocycles. The summed E-state index contributed by atoms with van der Waals surface area (Å²) in [4.78, 5) is 24.2. The first-order valence-electron chi connectivity index (χ1n) is 11.5. The number of carbonyl (C=O) groups excluding carboxylic acids is 1. The second kappa shape index (κ2) is 9.98. The number of hydrogen-bond acceptors (Lipinski definition) is 5. The molecule has 168 valence electrons. The maximum absolute atomic E-state index is 11.9. The summed E-state index contributed by atoms with van der Waals surface area (Å²) < 4.78 is 5.15. The summed E-state index contributed by atoms with van der Waals surface area (Å²) in [6.45, 7) is 9.05. The third kappa shape index (κ3) is 5.01. The van der Waals surface area contributed by atoms with Crippen molar-refractivity contribution in [3.63, 3.8) is 0 Å². The van der Waals surface area contributed by atoms with Gasteiger partial charge in [0.25, 0.3) is 0 Å². The van der Waals surface area contributed by atoms with E-state index in [1.165, 1.54) is 5.56 Å². The largest absolute Gasteiger partial charge is 0.450 e. The quantitative estimate of drug-likeness (QED) is 0.575. The molecule has 1 aromatic heterocycles. The molecule has 3 aromatic rings. The summed E-state index contributed by atoms with van der Waals surface area (Å²) in [6.07, 6.45) is 2.65. The highest BCUT2D eigenvalue weighted by Crippen LogP contribution is 2.31. The van der Waals surface area contributed by atoms with Crippen molar-refractivity contribution in [3.05, 3.63) is 53.6 Å². The van der Waals surface area contributed by atoms with Crippen molar-refractivity contribution in [2.45, 2.75) is 40.0 Å². The summed E-state index contributed by atoms with van der Waals surface area (Å²) >= 11 is 0. The van der Waals surface area contributed by atoms with Gasteiger partial charge in [-0.1, -0.05) is 37.3 Å². The van der Waals surface area contributed by atoms with Crippen molar-refractivity contribution >= 4 is 22.8 Å². The summed E-state index contributed by atoms with van der Waals surface area (Å²) in [6, 6.07) is 14.6. The van der Waals surface area contributed by atoms with Crippen LogP contribution in [-0.4, -0.2) is 42.3 Å². The van der Waals surface area contributed by atoms with Crippen LogP contribution in [0.1, 0.15) is 37.3 Å². The van der Waals surface area contributed by atoms with Gasteiger partial charge in [0.1, 0.15) is 5.82 Å². The lowest BCUT2D eigenvalue weighted by molar-refractivity contribution is 0.144. The third-order valence-electron chi connectivity index (χ3n) is 6.01. The highest BCUT2D eigenvalue weighted by molar-refractivity contribution is 5.91. The molecule has 1 atom stereocenters. The molecule has 1 fully saturated rings. The van der Waals surface area contributed by atoms with E-state index in [4.69, 9.17) is 14.7 Å². The number of nitrogens with one attached hydrogen (secondary N) is 1. The van der Waals surface area contributed by atoms with Crippen molar-refractivity contribution in [2.24, 2.45) is 5.92 Å². The molecule has 32 heavy (non-hydrogen) atoms. The van der Waals surface area contributed by atoms with E-state index < -0.39 is 0 Å². The number of fused-ring (bicyclic) bond motifs is 1. The molecule has 1 amide bonds. The van der Waals surface area contributed by atoms with Crippen LogP contribution in [-0.2, 0) is 4.74 Å². The number of aromatic nitrogens is 2. The summed E-state index contributed by atoms with van der Waals surface area (Å²) in [5.41, 5.74) is 4.38. The smallest absolute Gasteiger partial charge is 0.407 e. The third-order valence-corrected chi connectivity index (χ3v) is 6.01. The average Bonchev–Trinajstić information content (AvgIpc) is 2.81. The molecular weight excluding hydrogens is 400 g/mol. The van der Waals surface area contributed by atoms with E-state index in [0.717, 1.165) is 66.0 Å². The number of alkyl carbamates (subject to hydrolysis) is 1. The molecule has 6 nitrogen and oxygen atoms in total. The van der Waals surface area contributed by atoms with Crippen LogP contribution in [0, 0.1) is 19.8 Å². The van der Waals surface area contributed by atoms with Gasteiger partial charge in [-0.3, -0.25) is 0 Å². The number of benzene rings is 2. The number of rotatable bonds is 6. The molecule has 1 aliphatic rings. The van der Waals surface area contributed by atoms with Gasteiger partial charge in [-0.05, 0) is 62.3 Å². The average molecular weight is 433 g/mol. The molecule has 1 N–H and O–H groups in total. The Morgan fingerprint density at radius 2 is 2.03 bits per heavy atom. The number of ether oxygens (including phenoxy) is 1. The van der Waals surface area contributed by atoms with Crippen molar-refractivity contribution in [1.29, 1.82) is 0 Å². The number of hydrogen-bond donors (Lipinski definition) is 1. The summed E-state index contributed by atoms with van der Waals surface area (Å²) in [7, 11) is 0. The van der Waals surface area contributed by atoms with Gasteiger partial charge in [0.05, 0.1) is 12.1 Å². The van der Waals surface area contributed by atoms with Crippen LogP contribution in [0.15, 0.2) is 42.5 Å². The van der Waals surface area contributed by atoms with E-state index in [-0.39, 0.29) is 6.09 Å². The Balaban J connectivity index is 1.62. The van der Waals surface area contributed by atoms with Crippen LogP contribution in [0.3, 0.4) is 0 Å². The minimum atomic E-state index is -0.325. The van der Waals surface area contributed by atoms with Gasteiger partial charge in [-0.2, -0.15) is 0 Å². The maximum Gasteiger partial charge on any atom is 0.407 e. The molecule has 0 unspecified atom stereocenters. The number of aryl methyl sites for hydroxylation is 2. The van der Waals surface area contributed by atoms with Crippen molar-refractivity contribution < 1.29 is 9.53 Å². The molecule has 1 saturated heterocycles. The number of nitrogens with zero attached hydrogens (tertiary/aromatic N) is 3. The van der Waals surface area contributed by atoms with Gasteiger partial charge < -0.3 is 15.0 Å². The van der Waals surface area contributed by atoms with E-state index in [2.05, 4.69) is 54.4 Å². The number of piperidine rings is 1. The van der Waals surface area contributed by atoms with Gasteiger partial charge in [-0.25, -0.2) is 14.8 Å². The lowest BCUT2D eigenvalue weighted by Gasteiger charge is -2.34. The Morgan fingerprint density at radius 3 is 2.84 bits per heavy atom. The van der Waals surface area contributed by atoms with E-state index in [1.54, 1.807) is 0 Å². The van der Waals surface area contributed by atoms with Crippen LogP contribution in [0.5, 0.6) is 0 Å². The van der Waals surface area contributed by atoms with E-state index in [9.17, 15) is 4.79 Å². The molecule has 0 saturated carbocycles. The zero-order valence-corrected chi connectivity index (χ0v) is 19.2. The zero-order valence-electron chi connectivity index (χ0n) is 19.2. The van der Waals surface area contributed by atoms with Crippen LogP contribution >= 0.6 is 0 Å². The second-order valence-corrected chi connectivity index (χ2v) is 8.68. The van der Waals surface area contributed by atoms with E-state index in [1.807, 2.05) is 19.1 Å². The highest BCUT2D eigenvalue weighted by Gasteiger charge is 2.24. The van der Waals surface area contributed by atoms with Crippen molar-refractivity contribution in [3.8, 4) is 11.4 Å². The van der Waals surface area contributed by atoms with Crippen LogP contribution < -0.4 is 10.2 Å². The predicted molar refractivity (Wildman–Crippen MR) is 129 cm³/mol. The fourth-order valence-corrected chi connectivity index (χ4v) is 4.31. The summed E-state index contributed by atoms with van der Waals surface area (Å²) in [5.74, 6) is 2.10. The molecule has 0 radical (unpaired) electrons. The van der Waals surface area contributed by atoms with Gasteiger partial charge >= 0.3 is 6.09 Å². The molecule has 2 aromatic carbocycles. The Labute approximate surface area is 190 Å². The van der Waals surface area contributed by atoms with Crippen molar-refractivity contribution in [1.82, 2.24) is 15.3 Å². The van der Waals surface area contributed by atoms with Gasteiger partial charge in [0.2, 0.25) is 0 Å². The van der Waals surface area contributed by atoms with Crippen LogP contribution in [0.2, 0.25) is 0 Å². The first-order chi connectivity index (χ1) is 15.5. The standard InChI is InChI=1S/C26H32N4O2/c1-4-14-32-26(31)27-16-20-9-7-13-30(17-20)25-22-12-11-18(2)15-23(22)28-24(29-25)21-10-6-5-8-19(21)3/h5-6,8,10-12,15,20H,4,7,9,13-14,16-17H2,1-3H3,(H,27,31)/t20-/m0/s1. The van der Waals surface area contributed by atoms with Gasteiger partial charge in [-0.15, -0.1) is 0 Å². The number of amides is 1. The highest BCUT2D eigenvalue weighted by atomic mass is 16.5. The van der Waals surface area contributed by atoms with E-state index >= 15 is 0 Å². The van der Waals surface area contributed by atoms with Gasteiger partial charge in [0.15, 0.2) is 5.82 Å². The molecule has 6 heteroatoms. The second-order valence-electron chi connectivity index (χ2n) is 8.68. The Morgan fingerprint density at radius 1 is 1.19 bits per heavy atom. The molecule has 0 spiro atoms. The van der Waals surface area contributed by atoms with Crippen LogP contribution in [0.4, 0.5) is 10.6 Å². The Kier molecular flexibility index (Phi) is 6.88. The number of carbonyl (C=O) groups is 1. The summed E-state index contributed by atoms with van der Waals surface area (Å²) in [5, 5.41) is 4.00. The molecule has 4 rings (SSSR count). The first kappa shape index (κ1) is 22.1. The Hall–Kier alpha value is -3.15. The lowest BCUT2D eigenvalue weighted by atomic mass is 9.97. The molecular formula is C26H32N4O2. The fourth-order valence-electron chi connectivity index (χ4n) is 4.31. The first-order valence-corrected chi connectivity index (χ1v) is 11.5. The minimum Gasteiger partial charge on any atom is -0.450 e. The Bertz CT molecular complexity index is 1100. The molecule has 0 aliphatic carbocycles. The SMILES string of the molecule is CCCOC(=O)NC[C@@H]1CCCN(c2nc(-c3ccccc3C)nc3cc(C)ccc23)C1. The number of anilines is 1. The van der Waals surface area contributed by atoms with Crippen LogP contribution in [0.25, 0.3) is 22.3 Å². The van der Waals surface area contributed by atoms with Crippen molar-refractivity contribution in [2.75, 3.05) is 31.1 Å². The predicted octanol–water partition coefficient (Wildman–Crippen LogP) is 5.27. The monoisotopic (exact) mass is 432 g/mol. The molecule has 1 aliphatic heterocycles. The topological polar surface area (TPSA) is 67.3 Å². The maximum atomic E-state index is 11.9. The normalized spacial score (nSPS) is 16.2.